The Balaban J connectivity index is 1.47. The number of aromatic nitrogens is 2. The Bertz CT molecular complexity index is 1270. The summed E-state index contributed by atoms with van der Waals surface area (Å²) in [4.78, 5) is 35.0. The van der Waals surface area contributed by atoms with E-state index in [1.54, 1.807) is 0 Å². The summed E-state index contributed by atoms with van der Waals surface area (Å²) in [5, 5.41) is 10.5. The number of carbonyl (C=O) groups is 1. The second kappa shape index (κ2) is 8.19. The van der Waals surface area contributed by atoms with Gasteiger partial charge in [-0.25, -0.2) is 13.8 Å². The van der Waals surface area contributed by atoms with Crippen molar-refractivity contribution in [2.75, 3.05) is 6.54 Å². The van der Waals surface area contributed by atoms with Gasteiger partial charge in [0, 0.05) is 17.7 Å². The fourth-order valence-electron chi connectivity index (χ4n) is 4.64. The van der Waals surface area contributed by atoms with Gasteiger partial charge in [0.1, 0.15) is 5.82 Å². The molecular weight excluding hydrogens is 428 g/mol. The molecule has 2 aliphatic rings. The Kier molecular flexibility index (Phi) is 5.32. The van der Waals surface area contributed by atoms with E-state index in [9.17, 15) is 23.5 Å². The molecule has 2 aromatic carbocycles. The molecule has 1 saturated carbocycles. The van der Waals surface area contributed by atoms with Crippen LogP contribution in [0.3, 0.4) is 0 Å². The van der Waals surface area contributed by atoms with Crippen molar-refractivity contribution in [2.24, 2.45) is 0 Å². The minimum Gasteiger partial charge on any atom is -0.378 e. The Morgan fingerprint density at radius 1 is 1.12 bits per heavy atom. The SMILES string of the molecule is O=C([C@H](O)c1cccc(F)c1F)N1CCCc2c(nc(C3(c4ccccc4)CC3)[nH]c2=O)C1. The maximum Gasteiger partial charge on any atom is 0.256 e. The van der Waals surface area contributed by atoms with Crippen LogP contribution in [0.15, 0.2) is 53.3 Å². The van der Waals surface area contributed by atoms with Gasteiger partial charge in [0.15, 0.2) is 17.7 Å². The van der Waals surface area contributed by atoms with Gasteiger partial charge in [-0.1, -0.05) is 42.5 Å². The molecule has 170 valence electrons. The number of nitrogens with one attached hydrogen (secondary N) is 1. The number of aliphatic hydroxyl groups is 1. The van der Waals surface area contributed by atoms with E-state index < -0.39 is 29.2 Å². The van der Waals surface area contributed by atoms with Gasteiger partial charge in [-0.05, 0) is 37.3 Å². The molecule has 0 saturated heterocycles. The first kappa shape index (κ1) is 21.5. The van der Waals surface area contributed by atoms with Crippen molar-refractivity contribution in [1.82, 2.24) is 14.9 Å². The second-order valence-corrected chi connectivity index (χ2v) is 8.70. The molecule has 0 bridgehead atoms. The number of hydrogen-bond donors (Lipinski definition) is 2. The van der Waals surface area contributed by atoms with Gasteiger partial charge in [-0.3, -0.25) is 9.59 Å². The zero-order valence-electron chi connectivity index (χ0n) is 17.9. The van der Waals surface area contributed by atoms with Crippen LogP contribution in [0.2, 0.25) is 0 Å². The molecule has 5 rings (SSSR count). The number of carbonyl (C=O) groups excluding carboxylic acids is 1. The fourth-order valence-corrected chi connectivity index (χ4v) is 4.64. The maximum atomic E-state index is 14.1. The molecule has 1 aliphatic carbocycles. The number of amides is 1. The smallest absolute Gasteiger partial charge is 0.256 e. The molecule has 8 heteroatoms. The number of nitrogens with zero attached hydrogens (tertiary/aromatic N) is 2. The van der Waals surface area contributed by atoms with Crippen molar-refractivity contribution in [3.8, 4) is 0 Å². The van der Waals surface area contributed by atoms with E-state index in [4.69, 9.17) is 4.98 Å². The lowest BCUT2D eigenvalue weighted by atomic mass is 9.94. The first-order valence-electron chi connectivity index (χ1n) is 11.0. The van der Waals surface area contributed by atoms with Gasteiger partial charge >= 0.3 is 0 Å². The van der Waals surface area contributed by atoms with E-state index in [1.165, 1.54) is 17.0 Å². The quantitative estimate of drug-likeness (QED) is 0.638. The maximum absolute atomic E-state index is 14.1. The molecule has 2 heterocycles. The van der Waals surface area contributed by atoms with Crippen LogP contribution in [0.4, 0.5) is 8.78 Å². The normalized spacial score (nSPS) is 17.7. The second-order valence-electron chi connectivity index (χ2n) is 8.70. The van der Waals surface area contributed by atoms with Crippen molar-refractivity contribution in [3.63, 3.8) is 0 Å². The van der Waals surface area contributed by atoms with Gasteiger partial charge in [0.25, 0.3) is 11.5 Å². The molecule has 33 heavy (non-hydrogen) atoms. The summed E-state index contributed by atoms with van der Waals surface area (Å²) in [5.74, 6) is -2.55. The fraction of sp³-hybridized carbons (Fsp3) is 0.320. The topological polar surface area (TPSA) is 86.3 Å². The van der Waals surface area contributed by atoms with Crippen molar-refractivity contribution >= 4 is 5.91 Å². The average Bonchev–Trinajstić information content (AvgIpc) is 3.65. The lowest BCUT2D eigenvalue weighted by Crippen LogP contribution is -2.36. The molecule has 1 aromatic heterocycles. The number of rotatable bonds is 4. The molecular formula is C25H23F2N3O3. The third kappa shape index (κ3) is 3.74. The van der Waals surface area contributed by atoms with Crippen LogP contribution >= 0.6 is 0 Å². The zero-order valence-corrected chi connectivity index (χ0v) is 17.9. The van der Waals surface area contributed by atoms with Crippen LogP contribution in [0.25, 0.3) is 0 Å². The number of benzene rings is 2. The van der Waals surface area contributed by atoms with E-state index in [2.05, 4.69) is 4.98 Å². The van der Waals surface area contributed by atoms with E-state index >= 15 is 0 Å². The Morgan fingerprint density at radius 3 is 2.61 bits per heavy atom. The lowest BCUT2D eigenvalue weighted by molar-refractivity contribution is -0.141. The highest BCUT2D eigenvalue weighted by Crippen LogP contribution is 2.51. The number of aliphatic hydroxyl groups excluding tert-OH is 1. The highest BCUT2D eigenvalue weighted by atomic mass is 19.2. The molecule has 1 fully saturated rings. The molecule has 1 atom stereocenters. The predicted octanol–water partition coefficient (Wildman–Crippen LogP) is 3.14. The number of aromatic amines is 1. The molecule has 0 spiro atoms. The summed E-state index contributed by atoms with van der Waals surface area (Å²) >= 11 is 0. The lowest BCUT2D eigenvalue weighted by Gasteiger charge is -2.24. The Hall–Kier alpha value is -3.39. The van der Waals surface area contributed by atoms with Crippen molar-refractivity contribution in [2.45, 2.75) is 43.7 Å². The highest BCUT2D eigenvalue weighted by Gasteiger charge is 2.48. The van der Waals surface area contributed by atoms with Crippen LogP contribution in [0.5, 0.6) is 0 Å². The first-order chi connectivity index (χ1) is 15.9. The van der Waals surface area contributed by atoms with Gasteiger partial charge in [-0.15, -0.1) is 0 Å². The summed E-state index contributed by atoms with van der Waals surface area (Å²) in [5.41, 5.74) is 1.10. The van der Waals surface area contributed by atoms with Gasteiger partial charge < -0.3 is 15.0 Å². The average molecular weight is 451 g/mol. The monoisotopic (exact) mass is 451 g/mol. The van der Waals surface area contributed by atoms with E-state index in [0.717, 1.165) is 24.5 Å². The van der Waals surface area contributed by atoms with Crippen molar-refractivity contribution in [1.29, 1.82) is 0 Å². The van der Waals surface area contributed by atoms with Crippen LogP contribution in [-0.2, 0) is 23.2 Å². The molecule has 0 unspecified atom stereocenters. The number of halogens is 2. The number of hydrogen-bond acceptors (Lipinski definition) is 4. The third-order valence-electron chi connectivity index (χ3n) is 6.65. The molecule has 6 nitrogen and oxygen atoms in total. The Labute approximate surface area is 188 Å². The van der Waals surface area contributed by atoms with Crippen LogP contribution < -0.4 is 5.56 Å². The van der Waals surface area contributed by atoms with Crippen molar-refractivity contribution in [3.05, 3.63) is 98.7 Å². The van der Waals surface area contributed by atoms with Gasteiger partial charge in [0.2, 0.25) is 0 Å². The van der Waals surface area contributed by atoms with Crippen LogP contribution in [0, 0.1) is 11.6 Å². The molecule has 1 amide bonds. The predicted molar refractivity (Wildman–Crippen MR) is 116 cm³/mol. The van der Waals surface area contributed by atoms with Crippen LogP contribution in [0.1, 0.15) is 53.6 Å². The van der Waals surface area contributed by atoms with Gasteiger partial charge in [-0.2, -0.15) is 0 Å². The number of H-pyrrole nitrogens is 1. The van der Waals surface area contributed by atoms with E-state index in [1.807, 2.05) is 30.3 Å². The minimum atomic E-state index is -1.84. The summed E-state index contributed by atoms with van der Waals surface area (Å²) in [6, 6.07) is 13.2. The largest absolute Gasteiger partial charge is 0.378 e. The van der Waals surface area contributed by atoms with Gasteiger partial charge in [0.05, 0.1) is 17.7 Å². The van der Waals surface area contributed by atoms with E-state index in [0.29, 0.717) is 29.9 Å². The summed E-state index contributed by atoms with van der Waals surface area (Å²) < 4.78 is 27.7. The highest BCUT2D eigenvalue weighted by molar-refractivity contribution is 5.82. The molecule has 0 radical (unpaired) electrons. The summed E-state index contributed by atoms with van der Waals surface area (Å²) in [6.45, 7) is 0.283. The van der Waals surface area contributed by atoms with E-state index in [-0.39, 0.29) is 24.1 Å². The standard InChI is InChI=1S/C25H23F2N3O3/c26-18-10-4-8-17(20(18)27)21(31)23(33)30-13-5-9-16-19(14-30)28-24(29-22(16)32)25(11-12-25)15-6-2-1-3-7-15/h1-4,6-8,10,21,31H,5,9,11-14H2,(H,28,29,32)/t21-/m1/s1. The first-order valence-corrected chi connectivity index (χ1v) is 11.0. The molecule has 3 aromatic rings. The third-order valence-corrected chi connectivity index (χ3v) is 6.65. The Morgan fingerprint density at radius 2 is 1.88 bits per heavy atom. The van der Waals surface area contributed by atoms with Crippen LogP contribution in [-0.4, -0.2) is 32.4 Å². The molecule has 1 aliphatic heterocycles. The van der Waals surface area contributed by atoms with Crippen molar-refractivity contribution < 1.29 is 18.7 Å². The molecule has 2 N–H and O–H groups in total. The number of fused-ring (bicyclic) bond motifs is 1. The zero-order chi connectivity index (χ0) is 23.2. The summed E-state index contributed by atoms with van der Waals surface area (Å²) in [7, 11) is 0. The summed E-state index contributed by atoms with van der Waals surface area (Å²) in [6.07, 6.45) is 0.802. The minimum absolute atomic E-state index is 0.0178.